The van der Waals surface area contributed by atoms with Gasteiger partial charge in [0.2, 0.25) is 5.75 Å². The molecule has 0 saturated carbocycles. The molecule has 7 nitrogen and oxygen atoms in total. The number of nitrogens with one attached hydrogen (secondary N) is 2. The Morgan fingerprint density at radius 1 is 0.962 bits per heavy atom. The van der Waals surface area contributed by atoms with Crippen molar-refractivity contribution in [2.75, 3.05) is 27.4 Å². The normalized spacial score (nSPS) is 24.3. The van der Waals surface area contributed by atoms with Gasteiger partial charge in [0.15, 0.2) is 11.5 Å². The zero-order chi connectivity index (χ0) is 18.1. The van der Waals surface area contributed by atoms with Crippen LogP contribution in [-0.2, 0) is 0 Å². The maximum absolute atomic E-state index is 6.33. The van der Waals surface area contributed by atoms with Crippen molar-refractivity contribution in [3.63, 3.8) is 0 Å². The highest BCUT2D eigenvalue weighted by atomic mass is 16.6. The Morgan fingerprint density at radius 2 is 1.73 bits per heavy atom. The van der Waals surface area contributed by atoms with Gasteiger partial charge in [-0.2, -0.15) is 0 Å². The van der Waals surface area contributed by atoms with Crippen LogP contribution < -0.4 is 35.5 Å². The summed E-state index contributed by atoms with van der Waals surface area (Å²) in [5.74, 6) is 2.86. The molecule has 2 aromatic carbocycles. The van der Waals surface area contributed by atoms with Crippen molar-refractivity contribution < 1.29 is 18.9 Å². The summed E-state index contributed by atoms with van der Waals surface area (Å²) in [5.41, 5.74) is 14.9. The lowest BCUT2D eigenvalue weighted by atomic mass is 9.86. The molecule has 2 aromatic rings. The molecule has 0 bridgehead atoms. The van der Waals surface area contributed by atoms with E-state index in [1.807, 2.05) is 36.4 Å². The summed E-state index contributed by atoms with van der Waals surface area (Å²) >= 11 is 0. The van der Waals surface area contributed by atoms with Crippen molar-refractivity contribution in [1.29, 1.82) is 0 Å². The first-order valence-electron chi connectivity index (χ1n) is 8.59. The van der Waals surface area contributed by atoms with Gasteiger partial charge >= 0.3 is 0 Å². The van der Waals surface area contributed by atoms with Crippen molar-refractivity contribution in [1.82, 2.24) is 10.9 Å². The molecule has 0 radical (unpaired) electrons. The van der Waals surface area contributed by atoms with Crippen LogP contribution in [0, 0.1) is 0 Å². The average Bonchev–Trinajstić information content (AvgIpc) is 3.08. The molecule has 2 heterocycles. The summed E-state index contributed by atoms with van der Waals surface area (Å²) in [7, 11) is 3.29. The van der Waals surface area contributed by atoms with Crippen LogP contribution in [0.25, 0.3) is 0 Å². The predicted octanol–water partition coefficient (Wildman–Crippen LogP) is 1.69. The fourth-order valence-corrected chi connectivity index (χ4v) is 3.56. The van der Waals surface area contributed by atoms with Crippen LogP contribution in [0.4, 0.5) is 0 Å². The Kier molecular flexibility index (Phi) is 4.58. The van der Waals surface area contributed by atoms with Crippen molar-refractivity contribution in [3.05, 3.63) is 47.5 Å². The van der Waals surface area contributed by atoms with E-state index in [-0.39, 0.29) is 18.1 Å². The largest absolute Gasteiger partial charge is 0.497 e. The highest BCUT2D eigenvalue weighted by Crippen LogP contribution is 2.45. The van der Waals surface area contributed by atoms with E-state index in [2.05, 4.69) is 10.9 Å². The summed E-state index contributed by atoms with van der Waals surface area (Å²) in [6.45, 7) is 1.04. The molecule has 2 aliphatic rings. The fraction of sp³-hybridized carbons (Fsp3) is 0.368. The molecule has 3 atom stereocenters. The minimum atomic E-state index is -0.229. The van der Waals surface area contributed by atoms with E-state index in [9.17, 15) is 0 Å². The van der Waals surface area contributed by atoms with Crippen LogP contribution in [0.5, 0.6) is 23.0 Å². The first-order chi connectivity index (χ1) is 12.7. The minimum absolute atomic E-state index is 0.0353. The molecule has 7 heteroatoms. The van der Waals surface area contributed by atoms with Crippen LogP contribution in [0.2, 0.25) is 0 Å². The molecule has 4 N–H and O–H groups in total. The van der Waals surface area contributed by atoms with Gasteiger partial charge < -0.3 is 24.7 Å². The van der Waals surface area contributed by atoms with E-state index < -0.39 is 0 Å². The van der Waals surface area contributed by atoms with E-state index in [0.717, 1.165) is 16.9 Å². The van der Waals surface area contributed by atoms with Gasteiger partial charge in [-0.15, -0.1) is 0 Å². The van der Waals surface area contributed by atoms with Gasteiger partial charge in [-0.25, -0.2) is 10.9 Å². The summed E-state index contributed by atoms with van der Waals surface area (Å²) in [6, 6.07) is 11.9. The fourth-order valence-electron chi connectivity index (χ4n) is 3.56. The second-order valence-electron chi connectivity index (χ2n) is 6.34. The Labute approximate surface area is 152 Å². The quantitative estimate of drug-likeness (QED) is 0.768. The minimum Gasteiger partial charge on any atom is -0.497 e. The standard InChI is InChI=1S/C19H23N3O4/c1-23-13-5-3-11(4-6-13)16-17(21-22-19(16)20)12-9-14(24-2)18-15(10-12)25-7-8-26-18/h3-6,9-10,16-17,19,21-22H,7-8,20H2,1-2H3. The van der Waals surface area contributed by atoms with Gasteiger partial charge in [-0.05, 0) is 35.4 Å². The molecule has 138 valence electrons. The number of fused-ring (bicyclic) bond motifs is 1. The number of nitrogens with two attached hydrogens (primary N) is 1. The molecule has 1 saturated heterocycles. The highest BCUT2D eigenvalue weighted by molar-refractivity contribution is 5.55. The van der Waals surface area contributed by atoms with Crippen molar-refractivity contribution in [2.45, 2.75) is 18.1 Å². The van der Waals surface area contributed by atoms with Crippen molar-refractivity contribution >= 4 is 0 Å². The van der Waals surface area contributed by atoms with Gasteiger partial charge in [0.25, 0.3) is 0 Å². The SMILES string of the molecule is COc1ccc(C2C(N)NNC2c2cc(OC)c3c(c2)OCCO3)cc1. The summed E-state index contributed by atoms with van der Waals surface area (Å²) < 4.78 is 22.2. The van der Waals surface area contributed by atoms with Crippen molar-refractivity contribution in [3.8, 4) is 23.0 Å². The summed E-state index contributed by atoms with van der Waals surface area (Å²) in [5, 5.41) is 0. The third kappa shape index (κ3) is 2.94. The molecule has 3 unspecified atom stereocenters. The number of hydrogen-bond donors (Lipinski definition) is 3. The number of benzene rings is 2. The summed E-state index contributed by atoms with van der Waals surface area (Å²) in [4.78, 5) is 0. The lowest BCUT2D eigenvalue weighted by Gasteiger charge is -2.25. The lowest BCUT2D eigenvalue weighted by Crippen LogP contribution is -2.38. The third-order valence-electron chi connectivity index (χ3n) is 4.86. The van der Waals surface area contributed by atoms with Gasteiger partial charge in [0.1, 0.15) is 19.0 Å². The predicted molar refractivity (Wildman–Crippen MR) is 96.7 cm³/mol. The number of hydrogen-bond acceptors (Lipinski definition) is 7. The number of rotatable bonds is 4. The van der Waals surface area contributed by atoms with E-state index in [4.69, 9.17) is 24.7 Å². The molecule has 0 amide bonds. The zero-order valence-corrected chi connectivity index (χ0v) is 14.8. The zero-order valence-electron chi connectivity index (χ0n) is 14.8. The lowest BCUT2D eigenvalue weighted by molar-refractivity contribution is 0.164. The Morgan fingerprint density at radius 3 is 2.46 bits per heavy atom. The van der Waals surface area contributed by atoms with Gasteiger partial charge in [-0.3, -0.25) is 0 Å². The molecule has 2 aliphatic heterocycles. The third-order valence-corrected chi connectivity index (χ3v) is 4.86. The van der Waals surface area contributed by atoms with Crippen LogP contribution >= 0.6 is 0 Å². The number of hydrazine groups is 1. The molecule has 26 heavy (non-hydrogen) atoms. The first kappa shape index (κ1) is 17.0. The average molecular weight is 357 g/mol. The summed E-state index contributed by atoms with van der Waals surface area (Å²) in [6.07, 6.45) is -0.229. The molecule has 0 spiro atoms. The van der Waals surface area contributed by atoms with E-state index in [0.29, 0.717) is 30.5 Å². The molecule has 0 aliphatic carbocycles. The van der Waals surface area contributed by atoms with Gasteiger partial charge in [-0.1, -0.05) is 12.1 Å². The number of ether oxygens (including phenoxy) is 4. The topological polar surface area (TPSA) is 87.0 Å². The maximum Gasteiger partial charge on any atom is 0.203 e. The van der Waals surface area contributed by atoms with Gasteiger partial charge in [0, 0.05) is 5.92 Å². The Hall–Kier alpha value is -2.48. The highest BCUT2D eigenvalue weighted by Gasteiger charge is 2.37. The van der Waals surface area contributed by atoms with Crippen LogP contribution in [0.3, 0.4) is 0 Å². The Bertz CT molecular complexity index is 764. The second kappa shape index (κ2) is 7.03. The molecule has 4 rings (SSSR count). The van der Waals surface area contributed by atoms with Crippen LogP contribution in [0.1, 0.15) is 23.1 Å². The van der Waals surface area contributed by atoms with E-state index >= 15 is 0 Å². The smallest absolute Gasteiger partial charge is 0.203 e. The number of methoxy groups -OCH3 is 2. The molecular formula is C19H23N3O4. The first-order valence-corrected chi connectivity index (χ1v) is 8.59. The monoisotopic (exact) mass is 357 g/mol. The molecule has 1 fully saturated rings. The van der Waals surface area contributed by atoms with E-state index in [1.165, 1.54) is 0 Å². The molecule has 0 aromatic heterocycles. The van der Waals surface area contributed by atoms with Crippen molar-refractivity contribution in [2.24, 2.45) is 5.73 Å². The Balaban J connectivity index is 1.71. The van der Waals surface area contributed by atoms with Gasteiger partial charge in [0.05, 0.1) is 26.4 Å². The van der Waals surface area contributed by atoms with E-state index in [1.54, 1.807) is 14.2 Å². The molecular weight excluding hydrogens is 334 g/mol. The second-order valence-corrected chi connectivity index (χ2v) is 6.34. The van der Waals surface area contributed by atoms with Crippen LogP contribution in [-0.4, -0.2) is 33.6 Å². The maximum atomic E-state index is 6.33. The van der Waals surface area contributed by atoms with Crippen LogP contribution in [0.15, 0.2) is 36.4 Å².